The van der Waals surface area contributed by atoms with Crippen molar-refractivity contribution < 1.29 is 16.6 Å². The summed E-state index contributed by atoms with van der Waals surface area (Å²) in [7, 11) is 0. The van der Waals surface area contributed by atoms with Crippen LogP contribution in [0.5, 0.6) is 0 Å². The molecule has 2 aliphatic rings. The van der Waals surface area contributed by atoms with Gasteiger partial charge in [0.15, 0.2) is 0 Å². The fourth-order valence-corrected chi connectivity index (χ4v) is 20.6. The molecule has 7 rings (SSSR count). The molecule has 0 fully saturated rings. The van der Waals surface area contributed by atoms with Crippen molar-refractivity contribution in [1.29, 1.82) is 0 Å². The van der Waals surface area contributed by atoms with Crippen molar-refractivity contribution in [3.8, 4) is 11.1 Å². The topological polar surface area (TPSA) is 0 Å². The van der Waals surface area contributed by atoms with Gasteiger partial charge in [-0.1, -0.05) is 0 Å². The minimum atomic E-state index is -3.13. The van der Waals surface area contributed by atoms with E-state index in [-0.39, 0.29) is 10.8 Å². The number of allylic oxidation sites excluding steroid dienone is 1. The number of hydrogen-bond donors (Lipinski definition) is 0. The first kappa shape index (κ1) is 35.2. The van der Waals surface area contributed by atoms with Gasteiger partial charge in [-0.05, 0) is 0 Å². The van der Waals surface area contributed by atoms with Crippen molar-refractivity contribution in [3.05, 3.63) is 136 Å². The van der Waals surface area contributed by atoms with Crippen LogP contribution >= 0.6 is 0 Å². The molecule has 1 heteroatoms. The van der Waals surface area contributed by atoms with Crippen molar-refractivity contribution in [1.82, 2.24) is 0 Å². The van der Waals surface area contributed by atoms with Crippen molar-refractivity contribution in [2.24, 2.45) is 0 Å². The molecule has 0 saturated carbocycles. The van der Waals surface area contributed by atoms with Crippen molar-refractivity contribution >= 4 is 26.3 Å². The van der Waals surface area contributed by atoms with Crippen molar-refractivity contribution in [3.63, 3.8) is 0 Å². The van der Waals surface area contributed by atoms with E-state index in [1.165, 1.54) is 84.9 Å². The molecule has 0 bridgehead atoms. The van der Waals surface area contributed by atoms with Crippen molar-refractivity contribution in [2.75, 3.05) is 0 Å². The Hall–Kier alpha value is -3.19. The zero-order valence-electron chi connectivity index (χ0n) is 32.3. The van der Waals surface area contributed by atoms with Crippen LogP contribution in [0.15, 0.2) is 91.0 Å². The fraction of sp³-hybridized carbons (Fsp3) is 0.388. The zero-order chi connectivity index (χ0) is 35.4. The van der Waals surface area contributed by atoms with E-state index in [0.29, 0.717) is 4.22 Å². The summed E-state index contributed by atoms with van der Waals surface area (Å²) >= 11 is -3.13. The second-order valence-corrected chi connectivity index (χ2v) is 24.5. The molecule has 258 valence electrons. The molecule has 0 radical (unpaired) electrons. The van der Waals surface area contributed by atoms with Gasteiger partial charge in [-0.15, -0.1) is 0 Å². The van der Waals surface area contributed by atoms with Crippen LogP contribution in [0.25, 0.3) is 33.5 Å². The van der Waals surface area contributed by atoms with Crippen LogP contribution in [0.2, 0.25) is 9.45 Å². The summed E-state index contributed by atoms with van der Waals surface area (Å²) in [5, 5.41) is 2.73. The van der Waals surface area contributed by atoms with Gasteiger partial charge in [0.1, 0.15) is 0 Å². The minimum absolute atomic E-state index is 0.0622. The van der Waals surface area contributed by atoms with Crippen LogP contribution in [-0.4, -0.2) is 0 Å². The van der Waals surface area contributed by atoms with Crippen LogP contribution in [0.3, 0.4) is 0 Å². The quantitative estimate of drug-likeness (QED) is 0.132. The number of hydrogen-bond acceptors (Lipinski definition) is 0. The second-order valence-electron chi connectivity index (χ2n) is 17.6. The average Bonchev–Trinajstić information content (AvgIpc) is 3.66. The summed E-state index contributed by atoms with van der Waals surface area (Å²) in [6.07, 6.45) is 8.79. The molecule has 5 aromatic carbocycles. The van der Waals surface area contributed by atoms with Crippen LogP contribution in [0.4, 0.5) is 0 Å². The van der Waals surface area contributed by atoms with Gasteiger partial charge in [-0.3, -0.25) is 0 Å². The Morgan fingerprint density at radius 1 is 0.700 bits per heavy atom. The van der Waals surface area contributed by atoms with Gasteiger partial charge in [0.2, 0.25) is 0 Å². The second kappa shape index (κ2) is 13.4. The fourth-order valence-electron chi connectivity index (χ4n) is 9.49. The van der Waals surface area contributed by atoms with E-state index in [1.54, 1.807) is 22.3 Å². The third-order valence-electron chi connectivity index (χ3n) is 12.1. The molecule has 0 amide bonds. The van der Waals surface area contributed by atoms with Crippen molar-refractivity contribution in [2.45, 2.75) is 119 Å². The third kappa shape index (κ3) is 6.09. The normalized spacial score (nSPS) is 15.6. The molecule has 0 N–H and O–H groups in total. The number of aryl methyl sites for hydroxylation is 1. The molecule has 0 nitrogen and oxygen atoms in total. The summed E-state index contributed by atoms with van der Waals surface area (Å²) in [5.74, 6) is 0. The molecule has 50 heavy (non-hydrogen) atoms. The Balaban J connectivity index is 1.55. The van der Waals surface area contributed by atoms with Gasteiger partial charge in [-0.2, -0.15) is 0 Å². The molecule has 2 aliphatic carbocycles. The van der Waals surface area contributed by atoms with E-state index in [9.17, 15) is 0 Å². The van der Waals surface area contributed by atoms with Crippen LogP contribution < -0.4 is 3.87 Å². The molecular weight excluding hydrogens is 636 g/mol. The number of rotatable bonds is 9. The van der Waals surface area contributed by atoms with Gasteiger partial charge in [-0.25, -0.2) is 0 Å². The Bertz CT molecular complexity index is 2090. The molecule has 0 saturated heterocycles. The van der Waals surface area contributed by atoms with E-state index in [4.69, 9.17) is 0 Å². The summed E-state index contributed by atoms with van der Waals surface area (Å²) < 4.78 is 5.08. The molecule has 1 atom stereocenters. The van der Waals surface area contributed by atoms with E-state index in [2.05, 4.69) is 159 Å². The first-order valence-electron chi connectivity index (χ1n) is 19.5. The summed E-state index contributed by atoms with van der Waals surface area (Å²) in [6.45, 7) is 21.6. The van der Waals surface area contributed by atoms with Crippen LogP contribution in [0, 0.1) is 6.92 Å². The van der Waals surface area contributed by atoms with E-state index >= 15 is 0 Å². The molecule has 0 spiro atoms. The number of benzene rings is 5. The average molecular weight is 695 g/mol. The summed E-state index contributed by atoms with van der Waals surface area (Å²) in [4.78, 5) is 0. The first-order valence-corrected chi connectivity index (χ1v) is 23.4. The Labute approximate surface area is 306 Å². The summed E-state index contributed by atoms with van der Waals surface area (Å²) in [6, 6.07) is 36.2. The van der Waals surface area contributed by atoms with Gasteiger partial charge < -0.3 is 0 Å². The predicted molar refractivity (Wildman–Crippen MR) is 217 cm³/mol. The summed E-state index contributed by atoms with van der Waals surface area (Å²) in [5.41, 5.74) is 16.9. The Morgan fingerprint density at radius 3 is 2.14 bits per heavy atom. The predicted octanol–water partition coefficient (Wildman–Crippen LogP) is 13.8. The zero-order valence-corrected chi connectivity index (χ0v) is 33.8. The van der Waals surface area contributed by atoms with E-state index in [1.807, 2.05) is 3.87 Å². The molecular formula is C49H58Ti. The Morgan fingerprint density at radius 2 is 1.44 bits per heavy atom. The monoisotopic (exact) mass is 694 g/mol. The number of unbranched alkanes of at least 4 members (excludes halogenated alkanes) is 2. The van der Waals surface area contributed by atoms with E-state index < -0.39 is 16.6 Å². The molecule has 0 aromatic heterocycles. The van der Waals surface area contributed by atoms with Crippen LogP contribution in [-0.2, 0) is 33.8 Å². The first-order chi connectivity index (χ1) is 23.9. The maximum absolute atomic E-state index is 3.13. The van der Waals surface area contributed by atoms with Gasteiger partial charge in [0.05, 0.1) is 0 Å². The molecule has 0 heterocycles. The standard InChI is InChI=1S/C21H25.C20H15.2C4H9.Ti/c1-20(2,3)16-9-10-18-15(12-16)11-14-7-8-17(13-19(14)18)21(4,5)6;1-14-5-4-8-15-9-10-18(13-20(14)15)19-11-16-6-2-3-7-17(16)12-19;2*1-3-4-2;/h7-10,13H,11H2,1-6H3;2-13H,1H3;2*1,3-4H2,2H3;. The van der Waals surface area contributed by atoms with Gasteiger partial charge in [0.25, 0.3) is 0 Å². The maximum atomic E-state index is 2.61. The number of fused-ring (bicyclic) bond motifs is 5. The third-order valence-corrected chi connectivity index (χ3v) is 21.2. The van der Waals surface area contributed by atoms with E-state index in [0.717, 1.165) is 6.42 Å². The Kier molecular flexibility index (Phi) is 9.45. The van der Waals surface area contributed by atoms with Crippen LogP contribution in [0.1, 0.15) is 130 Å². The molecule has 1 unspecified atom stereocenters. The van der Waals surface area contributed by atoms with Gasteiger partial charge >= 0.3 is 308 Å². The van der Waals surface area contributed by atoms with Gasteiger partial charge in [0, 0.05) is 0 Å². The molecule has 0 aliphatic heterocycles. The SMILES string of the molecule is CCC[CH2][Ti]([CH2]CCC)([c]1c(C(C)(C)C)ccc2c1Cc1ccc(C(C)(C)C)cc1-2)[CH]1C(c2ccc3cccc(C)c3c2)=Cc2ccccc21. The molecule has 5 aromatic rings.